The summed E-state index contributed by atoms with van der Waals surface area (Å²) in [6.45, 7) is 2.79. The van der Waals surface area contributed by atoms with Gasteiger partial charge in [-0.3, -0.25) is 14.3 Å². The molecular weight excluding hydrogens is 434 g/mol. The van der Waals surface area contributed by atoms with Crippen LogP contribution in [0.1, 0.15) is 29.9 Å². The van der Waals surface area contributed by atoms with Gasteiger partial charge in [0.25, 0.3) is 5.56 Å². The van der Waals surface area contributed by atoms with Gasteiger partial charge in [-0.2, -0.15) is 0 Å². The first-order valence-electron chi connectivity index (χ1n) is 12.4. The van der Waals surface area contributed by atoms with Crippen molar-refractivity contribution in [3.8, 4) is 11.3 Å². The first-order chi connectivity index (χ1) is 17.2. The Kier molecular flexibility index (Phi) is 5.57. The molecule has 4 aromatic rings. The van der Waals surface area contributed by atoms with Gasteiger partial charge in [-0.05, 0) is 60.7 Å². The summed E-state index contributed by atoms with van der Waals surface area (Å²) in [6, 6.07) is 23.2. The van der Waals surface area contributed by atoms with Crippen molar-refractivity contribution in [2.75, 3.05) is 29.4 Å². The number of anilines is 3. The third-order valence-corrected chi connectivity index (χ3v) is 7.35. The van der Waals surface area contributed by atoms with Crippen molar-refractivity contribution in [3.63, 3.8) is 0 Å². The highest BCUT2D eigenvalue weighted by Gasteiger charge is 2.25. The molecule has 0 N–H and O–H groups in total. The van der Waals surface area contributed by atoms with Gasteiger partial charge < -0.3 is 9.80 Å². The zero-order chi connectivity index (χ0) is 23.8. The van der Waals surface area contributed by atoms with Crippen LogP contribution in [0.4, 0.5) is 17.3 Å². The van der Waals surface area contributed by atoms with E-state index >= 15 is 0 Å². The summed E-state index contributed by atoms with van der Waals surface area (Å²) in [4.78, 5) is 26.4. The predicted octanol–water partition coefficient (Wildman–Crippen LogP) is 4.92. The zero-order valence-electron chi connectivity index (χ0n) is 20.0. The topological polar surface area (TPSA) is 54.3 Å². The summed E-state index contributed by atoms with van der Waals surface area (Å²) >= 11 is 0. The lowest BCUT2D eigenvalue weighted by molar-refractivity contribution is 0.497. The molecule has 0 radical (unpaired) electrons. The normalized spacial score (nSPS) is 17.5. The number of nitrogens with zero attached hydrogens (tertiary/aromatic N) is 5. The fourth-order valence-corrected chi connectivity index (χ4v) is 5.44. The van der Waals surface area contributed by atoms with Crippen molar-refractivity contribution < 1.29 is 0 Å². The van der Waals surface area contributed by atoms with E-state index in [2.05, 4.69) is 63.3 Å². The molecule has 1 fully saturated rings. The molecule has 2 aliphatic rings. The van der Waals surface area contributed by atoms with Gasteiger partial charge in [-0.15, -0.1) is 0 Å². The van der Waals surface area contributed by atoms with Crippen molar-refractivity contribution in [2.45, 2.75) is 25.2 Å². The van der Waals surface area contributed by atoms with Crippen LogP contribution in [-0.4, -0.2) is 34.2 Å². The predicted molar refractivity (Wildman–Crippen MR) is 140 cm³/mol. The van der Waals surface area contributed by atoms with Gasteiger partial charge >= 0.3 is 0 Å². The fraction of sp³-hybridized carbons (Fsp3) is 0.276. The lowest BCUT2D eigenvalue weighted by atomic mass is 9.90. The average Bonchev–Trinajstić information content (AvgIpc) is 3.35. The van der Waals surface area contributed by atoms with E-state index in [0.29, 0.717) is 11.6 Å². The fourth-order valence-electron chi connectivity index (χ4n) is 5.44. The van der Waals surface area contributed by atoms with E-state index in [1.807, 2.05) is 19.2 Å². The highest BCUT2D eigenvalue weighted by molar-refractivity contribution is 5.70. The molecule has 2 aromatic heterocycles. The Morgan fingerprint density at radius 1 is 0.943 bits per heavy atom. The monoisotopic (exact) mass is 463 g/mol. The number of benzene rings is 2. The zero-order valence-corrected chi connectivity index (χ0v) is 20.0. The molecule has 6 nitrogen and oxygen atoms in total. The highest BCUT2D eigenvalue weighted by Crippen LogP contribution is 2.36. The van der Waals surface area contributed by atoms with E-state index in [0.717, 1.165) is 50.4 Å². The highest BCUT2D eigenvalue weighted by atomic mass is 16.1. The van der Waals surface area contributed by atoms with Gasteiger partial charge in [0.15, 0.2) is 0 Å². The van der Waals surface area contributed by atoms with Crippen molar-refractivity contribution >= 4 is 17.3 Å². The van der Waals surface area contributed by atoms with Gasteiger partial charge in [0.2, 0.25) is 5.95 Å². The Morgan fingerprint density at radius 2 is 1.74 bits per heavy atom. The van der Waals surface area contributed by atoms with Gasteiger partial charge in [0.1, 0.15) is 0 Å². The molecule has 35 heavy (non-hydrogen) atoms. The second kappa shape index (κ2) is 9.02. The molecule has 4 heterocycles. The van der Waals surface area contributed by atoms with E-state index in [1.165, 1.54) is 22.5 Å². The molecule has 6 heteroatoms. The minimum atomic E-state index is -0.0424. The maximum atomic E-state index is 12.8. The summed E-state index contributed by atoms with van der Waals surface area (Å²) in [5.74, 6) is 1.14. The molecule has 0 spiro atoms. The minimum absolute atomic E-state index is 0.0424. The maximum absolute atomic E-state index is 12.8. The summed E-state index contributed by atoms with van der Waals surface area (Å²) in [5, 5.41) is 0. The number of hydrogen-bond acceptors (Lipinski definition) is 5. The number of piperidine rings is 1. The Hall–Kier alpha value is -3.93. The summed E-state index contributed by atoms with van der Waals surface area (Å²) < 4.78 is 1.67. The number of para-hydroxylation sites is 1. The quantitative estimate of drug-likeness (QED) is 0.430. The van der Waals surface area contributed by atoms with Crippen LogP contribution in [0.25, 0.3) is 11.3 Å². The first-order valence-corrected chi connectivity index (χ1v) is 12.4. The van der Waals surface area contributed by atoms with Crippen LogP contribution in [0.2, 0.25) is 0 Å². The number of hydrogen-bond donors (Lipinski definition) is 0. The second-order valence-corrected chi connectivity index (χ2v) is 9.48. The Bertz CT molecular complexity index is 1400. The summed E-state index contributed by atoms with van der Waals surface area (Å²) in [7, 11) is 1.81. The molecule has 2 aliphatic heterocycles. The Balaban J connectivity index is 1.24. The van der Waals surface area contributed by atoms with E-state index in [1.54, 1.807) is 23.0 Å². The first kappa shape index (κ1) is 21.6. The standard InChI is InChI=1S/C29H29N5O/c1-32-28(35)19-26(22-12-15-30-16-13-22)31-29(32)33-17-4-6-24(20-33)21-8-10-25(11-9-21)34-18-14-23-5-2-3-7-27(23)34/h2-3,5,7-13,15-16,19,24H,4,6,14,17-18,20H2,1H3. The molecule has 2 aromatic carbocycles. The molecule has 6 rings (SSSR count). The van der Waals surface area contributed by atoms with E-state index in [-0.39, 0.29) is 5.56 Å². The smallest absolute Gasteiger partial charge is 0.255 e. The largest absolute Gasteiger partial charge is 0.342 e. The SMILES string of the molecule is Cn1c(N2CCCC(c3ccc(N4CCc5ccccc54)cc3)C2)nc(-c2ccncc2)cc1=O. The third-order valence-electron chi connectivity index (χ3n) is 7.35. The van der Waals surface area contributed by atoms with Gasteiger partial charge in [-0.1, -0.05) is 30.3 Å². The molecular formula is C29H29N5O. The molecule has 1 atom stereocenters. The van der Waals surface area contributed by atoms with E-state index in [9.17, 15) is 4.79 Å². The Morgan fingerprint density at radius 3 is 2.57 bits per heavy atom. The summed E-state index contributed by atoms with van der Waals surface area (Å²) in [5.41, 5.74) is 6.91. The lowest BCUT2D eigenvalue weighted by Crippen LogP contribution is -2.38. The van der Waals surface area contributed by atoms with E-state index < -0.39 is 0 Å². The van der Waals surface area contributed by atoms with Crippen LogP contribution in [0.5, 0.6) is 0 Å². The van der Waals surface area contributed by atoms with Crippen molar-refractivity contribution in [1.82, 2.24) is 14.5 Å². The lowest BCUT2D eigenvalue weighted by Gasteiger charge is -2.34. The van der Waals surface area contributed by atoms with Crippen LogP contribution in [-0.2, 0) is 13.5 Å². The minimum Gasteiger partial charge on any atom is -0.342 e. The van der Waals surface area contributed by atoms with Gasteiger partial charge in [-0.25, -0.2) is 4.98 Å². The molecule has 0 aliphatic carbocycles. The second-order valence-electron chi connectivity index (χ2n) is 9.48. The molecule has 1 unspecified atom stereocenters. The third kappa shape index (κ3) is 4.09. The number of pyridine rings is 1. The summed E-state index contributed by atoms with van der Waals surface area (Å²) in [6.07, 6.45) is 6.77. The molecule has 0 bridgehead atoms. The van der Waals surface area contributed by atoms with Crippen LogP contribution < -0.4 is 15.4 Å². The van der Waals surface area contributed by atoms with Gasteiger partial charge in [0.05, 0.1) is 5.69 Å². The van der Waals surface area contributed by atoms with Crippen LogP contribution >= 0.6 is 0 Å². The van der Waals surface area contributed by atoms with Crippen LogP contribution in [0.3, 0.4) is 0 Å². The van der Waals surface area contributed by atoms with Crippen LogP contribution in [0, 0.1) is 0 Å². The number of fused-ring (bicyclic) bond motifs is 1. The van der Waals surface area contributed by atoms with Crippen LogP contribution in [0.15, 0.2) is 83.9 Å². The average molecular weight is 464 g/mol. The number of rotatable bonds is 4. The van der Waals surface area contributed by atoms with Crippen molar-refractivity contribution in [2.24, 2.45) is 7.05 Å². The van der Waals surface area contributed by atoms with E-state index in [4.69, 9.17) is 4.98 Å². The molecule has 1 saturated heterocycles. The Labute approximate surface area is 205 Å². The molecule has 176 valence electrons. The number of aromatic nitrogens is 3. The van der Waals surface area contributed by atoms with Crippen molar-refractivity contribution in [1.29, 1.82) is 0 Å². The molecule has 0 saturated carbocycles. The molecule has 0 amide bonds. The van der Waals surface area contributed by atoms with Gasteiger partial charge in [0, 0.05) is 68.0 Å². The maximum Gasteiger partial charge on any atom is 0.255 e. The van der Waals surface area contributed by atoms with Crippen molar-refractivity contribution in [3.05, 3.63) is 101 Å².